The second-order valence-corrected chi connectivity index (χ2v) is 7.29. The van der Waals surface area contributed by atoms with Crippen molar-refractivity contribution < 1.29 is 8.42 Å². The first-order chi connectivity index (χ1) is 9.01. The highest BCUT2D eigenvalue weighted by Gasteiger charge is 2.23. The van der Waals surface area contributed by atoms with Crippen LogP contribution in [0.15, 0.2) is 29.2 Å². The number of hydrogen-bond donors (Lipinski definition) is 1. The number of nitrogens with one attached hydrogen (secondary N) is 1. The monoisotopic (exact) mass is 281 g/mol. The van der Waals surface area contributed by atoms with Gasteiger partial charge in [0.15, 0.2) is 0 Å². The van der Waals surface area contributed by atoms with Crippen LogP contribution in [0.25, 0.3) is 0 Å². The fourth-order valence-electron chi connectivity index (χ4n) is 2.57. The van der Waals surface area contributed by atoms with E-state index in [1.54, 1.807) is 12.1 Å². The fourth-order valence-corrected chi connectivity index (χ4v) is 3.87. The number of hydrogen-bond acceptors (Lipinski definition) is 2. The molecule has 0 saturated heterocycles. The Labute approximate surface area is 116 Å². The maximum Gasteiger partial charge on any atom is 0.240 e. The van der Waals surface area contributed by atoms with Crippen LogP contribution in [0.3, 0.4) is 0 Å². The molecule has 1 aromatic carbocycles. The van der Waals surface area contributed by atoms with Gasteiger partial charge in [0.25, 0.3) is 0 Å². The van der Waals surface area contributed by atoms with E-state index in [4.69, 9.17) is 0 Å². The molecular formula is C15H23NO2S. The Morgan fingerprint density at radius 1 is 1.11 bits per heavy atom. The Morgan fingerprint density at radius 3 is 2.21 bits per heavy atom. The zero-order valence-corrected chi connectivity index (χ0v) is 12.5. The largest absolute Gasteiger partial charge is 0.240 e. The summed E-state index contributed by atoms with van der Waals surface area (Å²) in [6, 6.07) is 7.28. The third-order valence-electron chi connectivity index (χ3n) is 3.98. The Kier molecular flexibility index (Phi) is 4.63. The highest BCUT2D eigenvalue weighted by molar-refractivity contribution is 7.89. The molecule has 106 valence electrons. The molecule has 4 heteroatoms. The smallest absolute Gasteiger partial charge is 0.208 e. The van der Waals surface area contributed by atoms with Crippen molar-refractivity contribution in [2.45, 2.75) is 56.9 Å². The van der Waals surface area contributed by atoms with Crippen molar-refractivity contribution in [3.05, 3.63) is 29.8 Å². The molecule has 0 atom stereocenters. The predicted molar refractivity (Wildman–Crippen MR) is 77.6 cm³/mol. The zero-order valence-electron chi connectivity index (χ0n) is 11.7. The lowest BCUT2D eigenvalue weighted by Gasteiger charge is -2.26. The molecule has 1 fully saturated rings. The van der Waals surface area contributed by atoms with Gasteiger partial charge in [0.05, 0.1) is 4.90 Å². The first-order valence-electron chi connectivity index (χ1n) is 7.12. The maximum atomic E-state index is 12.3. The number of rotatable bonds is 4. The summed E-state index contributed by atoms with van der Waals surface area (Å²) in [5, 5.41) is 0. The van der Waals surface area contributed by atoms with E-state index < -0.39 is 10.0 Å². The van der Waals surface area contributed by atoms with Crippen molar-refractivity contribution in [1.82, 2.24) is 4.72 Å². The summed E-state index contributed by atoms with van der Waals surface area (Å²) in [5.74, 6) is 0.726. The third kappa shape index (κ3) is 3.80. The lowest BCUT2D eigenvalue weighted by molar-refractivity contribution is 0.332. The van der Waals surface area contributed by atoms with Crippen LogP contribution < -0.4 is 4.72 Å². The summed E-state index contributed by atoms with van der Waals surface area (Å²) in [4.78, 5) is 0.378. The summed E-state index contributed by atoms with van der Waals surface area (Å²) in [7, 11) is -3.35. The summed E-state index contributed by atoms with van der Waals surface area (Å²) in [6.07, 6.45) is 5.05. The molecule has 19 heavy (non-hydrogen) atoms. The lowest BCUT2D eigenvalue weighted by Crippen LogP contribution is -2.37. The molecule has 0 aliphatic heterocycles. The quantitative estimate of drug-likeness (QED) is 0.921. The highest BCUT2D eigenvalue weighted by atomic mass is 32.2. The fraction of sp³-hybridized carbons (Fsp3) is 0.600. The second kappa shape index (κ2) is 6.06. The van der Waals surface area contributed by atoms with E-state index in [-0.39, 0.29) is 6.04 Å². The van der Waals surface area contributed by atoms with Crippen LogP contribution in [0.1, 0.15) is 45.1 Å². The normalized spacial score (nSPS) is 24.3. The van der Waals surface area contributed by atoms with E-state index in [1.807, 2.05) is 12.1 Å². The second-order valence-electron chi connectivity index (χ2n) is 5.58. The van der Waals surface area contributed by atoms with E-state index in [2.05, 4.69) is 18.6 Å². The van der Waals surface area contributed by atoms with Crippen LogP contribution in [0, 0.1) is 5.92 Å². The summed E-state index contributed by atoms with van der Waals surface area (Å²) < 4.78 is 27.4. The Bertz CT molecular complexity index is 499. The van der Waals surface area contributed by atoms with Gasteiger partial charge in [0, 0.05) is 6.04 Å². The summed E-state index contributed by atoms with van der Waals surface area (Å²) in [5.41, 5.74) is 1.16. The first-order valence-corrected chi connectivity index (χ1v) is 8.61. The van der Waals surface area contributed by atoms with Gasteiger partial charge in [-0.05, 0) is 55.7 Å². The number of benzene rings is 1. The Hall–Kier alpha value is -0.870. The van der Waals surface area contributed by atoms with Crippen molar-refractivity contribution in [3.8, 4) is 0 Å². The molecule has 0 amide bonds. The first kappa shape index (κ1) is 14.5. The van der Waals surface area contributed by atoms with Gasteiger partial charge in [-0.1, -0.05) is 26.0 Å². The predicted octanol–water partition coefficient (Wildman–Crippen LogP) is 3.11. The van der Waals surface area contributed by atoms with Crippen LogP contribution in [0.2, 0.25) is 0 Å². The van der Waals surface area contributed by atoms with Gasteiger partial charge < -0.3 is 0 Å². The van der Waals surface area contributed by atoms with Gasteiger partial charge in [-0.25, -0.2) is 13.1 Å². The van der Waals surface area contributed by atoms with Gasteiger partial charge in [0.1, 0.15) is 0 Å². The lowest BCUT2D eigenvalue weighted by atomic mass is 9.88. The molecule has 2 rings (SSSR count). The highest BCUT2D eigenvalue weighted by Crippen LogP contribution is 2.24. The van der Waals surface area contributed by atoms with Crippen molar-refractivity contribution in [2.24, 2.45) is 5.92 Å². The molecule has 0 heterocycles. The van der Waals surface area contributed by atoms with E-state index >= 15 is 0 Å². The number of sulfonamides is 1. The van der Waals surface area contributed by atoms with Crippen LogP contribution in [0.4, 0.5) is 0 Å². The van der Waals surface area contributed by atoms with E-state index in [1.165, 1.54) is 0 Å². The SMILES string of the molecule is CCc1ccc(S(=O)(=O)NC2CCC(C)CC2)cc1. The van der Waals surface area contributed by atoms with Crippen LogP contribution >= 0.6 is 0 Å². The molecular weight excluding hydrogens is 258 g/mol. The molecule has 0 spiro atoms. The van der Waals surface area contributed by atoms with Gasteiger partial charge in [-0.2, -0.15) is 0 Å². The van der Waals surface area contributed by atoms with Crippen LogP contribution in [-0.4, -0.2) is 14.5 Å². The standard InChI is InChI=1S/C15H23NO2S/c1-3-13-6-10-15(11-7-13)19(17,18)16-14-8-4-12(2)5-9-14/h6-7,10-12,14,16H,3-5,8-9H2,1-2H3. The Morgan fingerprint density at radius 2 is 1.68 bits per heavy atom. The van der Waals surface area contributed by atoms with Gasteiger partial charge in [0.2, 0.25) is 10.0 Å². The van der Waals surface area contributed by atoms with Crippen molar-refractivity contribution in [1.29, 1.82) is 0 Å². The molecule has 1 aliphatic rings. The minimum atomic E-state index is -3.35. The molecule has 1 aliphatic carbocycles. The van der Waals surface area contributed by atoms with E-state index in [9.17, 15) is 8.42 Å². The molecule has 0 bridgehead atoms. The third-order valence-corrected chi connectivity index (χ3v) is 5.52. The average molecular weight is 281 g/mol. The molecule has 0 radical (unpaired) electrons. The van der Waals surface area contributed by atoms with Crippen molar-refractivity contribution in [2.75, 3.05) is 0 Å². The van der Waals surface area contributed by atoms with Crippen molar-refractivity contribution in [3.63, 3.8) is 0 Å². The molecule has 3 nitrogen and oxygen atoms in total. The summed E-state index contributed by atoms with van der Waals surface area (Å²) >= 11 is 0. The topological polar surface area (TPSA) is 46.2 Å². The number of aryl methyl sites for hydroxylation is 1. The minimum absolute atomic E-state index is 0.104. The van der Waals surface area contributed by atoms with Gasteiger partial charge in [-0.15, -0.1) is 0 Å². The molecule has 0 unspecified atom stereocenters. The van der Waals surface area contributed by atoms with Crippen LogP contribution in [-0.2, 0) is 16.4 Å². The molecule has 1 aromatic rings. The molecule has 1 N–H and O–H groups in total. The van der Waals surface area contributed by atoms with Gasteiger partial charge >= 0.3 is 0 Å². The zero-order chi connectivity index (χ0) is 13.9. The van der Waals surface area contributed by atoms with Crippen molar-refractivity contribution >= 4 is 10.0 Å². The van der Waals surface area contributed by atoms with Gasteiger partial charge in [-0.3, -0.25) is 0 Å². The Balaban J connectivity index is 2.05. The average Bonchev–Trinajstić information content (AvgIpc) is 2.41. The van der Waals surface area contributed by atoms with Crippen LogP contribution in [0.5, 0.6) is 0 Å². The van der Waals surface area contributed by atoms with E-state index in [0.29, 0.717) is 4.90 Å². The molecule has 1 saturated carbocycles. The minimum Gasteiger partial charge on any atom is -0.208 e. The van der Waals surface area contributed by atoms with E-state index in [0.717, 1.165) is 43.6 Å². The maximum absolute atomic E-state index is 12.3. The molecule has 0 aromatic heterocycles. The summed E-state index contributed by atoms with van der Waals surface area (Å²) in [6.45, 7) is 4.29.